The van der Waals surface area contributed by atoms with Gasteiger partial charge in [0.2, 0.25) is 21.8 Å². The molecule has 2 aromatic carbocycles. The maximum absolute atomic E-state index is 13.6. The van der Waals surface area contributed by atoms with Crippen molar-refractivity contribution in [1.29, 1.82) is 0 Å². The van der Waals surface area contributed by atoms with Crippen molar-refractivity contribution in [3.8, 4) is 0 Å². The zero-order chi connectivity index (χ0) is 25.7. The van der Waals surface area contributed by atoms with E-state index in [1.54, 1.807) is 24.3 Å². The molecule has 1 unspecified atom stereocenters. The normalized spacial score (nSPS) is 12.7. The zero-order valence-corrected chi connectivity index (χ0v) is 22.2. The number of hydrogen-bond acceptors (Lipinski definition) is 4. The van der Waals surface area contributed by atoms with Crippen LogP contribution < -0.4 is 9.62 Å². The summed E-state index contributed by atoms with van der Waals surface area (Å²) < 4.78 is 26.2. The molecule has 7 nitrogen and oxygen atoms in total. The Labute approximate surface area is 208 Å². The smallest absolute Gasteiger partial charge is 0.244 e. The van der Waals surface area contributed by atoms with Crippen molar-refractivity contribution < 1.29 is 18.0 Å². The number of sulfonamides is 1. The van der Waals surface area contributed by atoms with Gasteiger partial charge in [-0.2, -0.15) is 0 Å². The van der Waals surface area contributed by atoms with Crippen LogP contribution in [0, 0.1) is 6.92 Å². The zero-order valence-electron chi connectivity index (χ0n) is 20.6. The Morgan fingerprint density at radius 1 is 1.09 bits per heavy atom. The van der Waals surface area contributed by atoms with E-state index in [0.29, 0.717) is 6.42 Å². The fourth-order valence-electron chi connectivity index (χ4n) is 3.63. The van der Waals surface area contributed by atoms with Crippen LogP contribution in [0.15, 0.2) is 48.5 Å². The van der Waals surface area contributed by atoms with Crippen LogP contribution in [0.1, 0.15) is 45.2 Å². The Kier molecular flexibility index (Phi) is 9.14. The molecule has 2 amide bonds. The highest BCUT2D eigenvalue weighted by Crippen LogP contribution is 2.27. The van der Waals surface area contributed by atoms with Gasteiger partial charge in [-0.3, -0.25) is 13.9 Å². The third-order valence-corrected chi connectivity index (χ3v) is 6.57. The van der Waals surface area contributed by atoms with E-state index in [2.05, 4.69) is 5.32 Å². The largest absolute Gasteiger partial charge is 0.350 e. The summed E-state index contributed by atoms with van der Waals surface area (Å²) >= 11 is 6.25. The van der Waals surface area contributed by atoms with Crippen molar-refractivity contribution in [3.63, 3.8) is 0 Å². The van der Waals surface area contributed by atoms with Gasteiger partial charge in [-0.25, -0.2) is 8.42 Å². The number of para-hydroxylation sites is 1. The summed E-state index contributed by atoms with van der Waals surface area (Å²) in [6.07, 6.45) is 1.39. The molecule has 0 aromatic heterocycles. The van der Waals surface area contributed by atoms with Gasteiger partial charge in [-0.1, -0.05) is 60.5 Å². The highest BCUT2D eigenvalue weighted by atomic mass is 35.5. The lowest BCUT2D eigenvalue weighted by atomic mass is 10.0. The molecule has 0 saturated heterocycles. The van der Waals surface area contributed by atoms with Gasteiger partial charge in [0, 0.05) is 12.1 Å². The summed E-state index contributed by atoms with van der Waals surface area (Å²) in [4.78, 5) is 28.2. The minimum Gasteiger partial charge on any atom is -0.350 e. The van der Waals surface area contributed by atoms with E-state index in [0.717, 1.165) is 21.7 Å². The molecule has 9 heteroatoms. The van der Waals surface area contributed by atoms with Gasteiger partial charge in [0.15, 0.2) is 0 Å². The molecule has 0 aliphatic heterocycles. The Bertz CT molecular complexity index is 1130. The number of amides is 2. The first-order valence-electron chi connectivity index (χ1n) is 11.1. The van der Waals surface area contributed by atoms with E-state index >= 15 is 0 Å². The number of nitrogens with zero attached hydrogens (tertiary/aromatic N) is 2. The molecule has 186 valence electrons. The van der Waals surface area contributed by atoms with Gasteiger partial charge in [0.25, 0.3) is 0 Å². The van der Waals surface area contributed by atoms with E-state index in [4.69, 9.17) is 11.6 Å². The molecule has 0 bridgehead atoms. The first-order valence-corrected chi connectivity index (χ1v) is 13.3. The topological polar surface area (TPSA) is 86.8 Å². The first-order chi connectivity index (χ1) is 15.7. The predicted octanol–water partition coefficient (Wildman–Crippen LogP) is 4.14. The number of hydrogen-bond donors (Lipinski definition) is 1. The van der Waals surface area contributed by atoms with E-state index in [9.17, 15) is 18.0 Å². The standard InChI is InChI=1S/C25H34ClN3O4S/c1-7-21(24(31)27-25(3,4)5)28(16-19-12-10-11-18(2)15-19)23(30)17-29(34(6,32)33)22-14-9-8-13-20(22)26/h8-15,21H,7,16-17H2,1-6H3,(H,27,31). The Morgan fingerprint density at radius 3 is 2.26 bits per heavy atom. The van der Waals surface area contributed by atoms with E-state index in [1.807, 2.05) is 58.9 Å². The van der Waals surface area contributed by atoms with Crippen molar-refractivity contribution in [1.82, 2.24) is 10.2 Å². The maximum Gasteiger partial charge on any atom is 0.244 e. The summed E-state index contributed by atoms with van der Waals surface area (Å²) in [6.45, 7) is 9.06. The molecule has 0 aliphatic carbocycles. The fraction of sp³-hybridized carbons (Fsp3) is 0.440. The summed E-state index contributed by atoms with van der Waals surface area (Å²) in [7, 11) is -3.83. The molecule has 34 heavy (non-hydrogen) atoms. The number of carbonyl (C=O) groups excluding carboxylic acids is 2. The molecule has 0 fully saturated rings. The second-order valence-corrected chi connectivity index (χ2v) is 11.7. The van der Waals surface area contributed by atoms with Gasteiger partial charge >= 0.3 is 0 Å². The highest BCUT2D eigenvalue weighted by molar-refractivity contribution is 7.92. The van der Waals surface area contributed by atoms with Gasteiger partial charge < -0.3 is 10.2 Å². The van der Waals surface area contributed by atoms with Crippen LogP contribution in [-0.4, -0.2) is 49.5 Å². The van der Waals surface area contributed by atoms with Gasteiger partial charge in [0.1, 0.15) is 12.6 Å². The van der Waals surface area contributed by atoms with Crippen molar-refractivity contribution in [2.75, 3.05) is 17.1 Å². The predicted molar refractivity (Wildman–Crippen MR) is 137 cm³/mol. The van der Waals surface area contributed by atoms with Crippen LogP contribution >= 0.6 is 11.6 Å². The molecular weight excluding hydrogens is 474 g/mol. The van der Waals surface area contributed by atoms with Crippen molar-refractivity contribution in [3.05, 3.63) is 64.7 Å². The van der Waals surface area contributed by atoms with Crippen molar-refractivity contribution >= 4 is 39.1 Å². The number of carbonyl (C=O) groups is 2. The molecule has 1 atom stereocenters. The second-order valence-electron chi connectivity index (χ2n) is 9.40. The van der Waals surface area contributed by atoms with Crippen LogP contribution in [0.2, 0.25) is 5.02 Å². The average Bonchev–Trinajstić information content (AvgIpc) is 2.70. The summed E-state index contributed by atoms with van der Waals surface area (Å²) in [5, 5.41) is 3.15. The van der Waals surface area contributed by atoms with Crippen molar-refractivity contribution in [2.45, 2.75) is 59.2 Å². The lowest BCUT2D eigenvalue weighted by Crippen LogP contribution is -2.55. The Morgan fingerprint density at radius 2 is 1.74 bits per heavy atom. The minimum absolute atomic E-state index is 0.163. The molecule has 0 saturated carbocycles. The second kappa shape index (κ2) is 11.2. The lowest BCUT2D eigenvalue weighted by molar-refractivity contribution is -0.141. The molecule has 2 aromatic rings. The molecule has 0 radical (unpaired) electrons. The third-order valence-electron chi connectivity index (χ3n) is 5.12. The Hall–Kier alpha value is -2.58. The summed E-state index contributed by atoms with van der Waals surface area (Å²) in [5.74, 6) is -0.789. The first kappa shape index (κ1) is 27.7. The van der Waals surface area contributed by atoms with Crippen molar-refractivity contribution in [2.24, 2.45) is 0 Å². The van der Waals surface area contributed by atoms with Gasteiger partial charge in [-0.15, -0.1) is 0 Å². The average molecular weight is 508 g/mol. The van der Waals surface area contributed by atoms with E-state index < -0.39 is 34.1 Å². The monoisotopic (exact) mass is 507 g/mol. The van der Waals surface area contributed by atoms with E-state index in [-0.39, 0.29) is 23.2 Å². The molecule has 0 spiro atoms. The van der Waals surface area contributed by atoms with Crippen LogP contribution in [0.25, 0.3) is 0 Å². The van der Waals surface area contributed by atoms with Gasteiger partial charge in [-0.05, 0) is 51.8 Å². The summed E-state index contributed by atoms with van der Waals surface area (Å²) in [5.41, 5.74) is 1.59. The highest BCUT2D eigenvalue weighted by Gasteiger charge is 2.33. The quantitative estimate of drug-likeness (QED) is 0.552. The molecule has 0 aliphatic rings. The minimum atomic E-state index is -3.83. The maximum atomic E-state index is 13.6. The number of benzene rings is 2. The molecular formula is C25H34ClN3O4S. The third kappa shape index (κ3) is 7.74. The number of anilines is 1. The number of halogens is 1. The van der Waals surface area contributed by atoms with Crippen LogP contribution in [0.3, 0.4) is 0 Å². The lowest BCUT2D eigenvalue weighted by Gasteiger charge is -2.34. The number of nitrogens with one attached hydrogen (secondary N) is 1. The van der Waals surface area contributed by atoms with Gasteiger partial charge in [0.05, 0.1) is 17.0 Å². The van der Waals surface area contributed by atoms with E-state index in [1.165, 1.54) is 4.90 Å². The van der Waals surface area contributed by atoms with Crippen LogP contribution in [0.4, 0.5) is 5.69 Å². The summed E-state index contributed by atoms with van der Waals surface area (Å²) in [6, 6.07) is 13.3. The number of rotatable bonds is 9. The Balaban J connectivity index is 2.48. The SMILES string of the molecule is CCC(C(=O)NC(C)(C)C)N(Cc1cccc(C)c1)C(=O)CN(c1ccccc1Cl)S(C)(=O)=O. The molecule has 2 rings (SSSR count). The van der Waals surface area contributed by atoms with Crippen LogP contribution in [0.5, 0.6) is 0 Å². The molecule has 1 N–H and O–H groups in total. The fourth-order valence-corrected chi connectivity index (χ4v) is 4.78. The number of aryl methyl sites for hydroxylation is 1. The van der Waals surface area contributed by atoms with Crippen LogP contribution in [-0.2, 0) is 26.2 Å². The molecule has 0 heterocycles.